The van der Waals surface area contributed by atoms with Crippen LogP contribution in [0, 0.1) is 6.92 Å². The molecular weight excluding hydrogens is 250 g/mol. The largest absolute Gasteiger partial charge is 0.388 e. The van der Waals surface area contributed by atoms with Crippen molar-refractivity contribution in [2.45, 2.75) is 13.5 Å². The van der Waals surface area contributed by atoms with Gasteiger partial charge in [0.2, 0.25) is 5.95 Å². The van der Waals surface area contributed by atoms with E-state index in [4.69, 9.17) is 18.0 Å². The molecule has 2 aromatic rings. The molecule has 2 rings (SSSR count). The number of aromatic nitrogens is 5. The highest BCUT2D eigenvalue weighted by Crippen LogP contribution is 2.05. The summed E-state index contributed by atoms with van der Waals surface area (Å²) in [5.74, 6) is 1.13. The first-order valence-electron chi connectivity index (χ1n) is 5.28. The maximum absolute atomic E-state index is 5.55. The van der Waals surface area contributed by atoms with Crippen LogP contribution in [0.2, 0.25) is 0 Å². The predicted molar refractivity (Wildman–Crippen MR) is 71.0 cm³/mol. The topological polar surface area (TPSA) is 94.5 Å². The predicted octanol–water partition coefficient (Wildman–Crippen LogP) is 0.160. The van der Waals surface area contributed by atoms with Crippen LogP contribution >= 0.6 is 12.2 Å². The van der Waals surface area contributed by atoms with Crippen molar-refractivity contribution in [2.24, 2.45) is 12.8 Å². The third-order valence-electron chi connectivity index (χ3n) is 2.16. The van der Waals surface area contributed by atoms with E-state index >= 15 is 0 Å². The van der Waals surface area contributed by atoms with E-state index in [1.54, 1.807) is 17.1 Å². The molecule has 0 unspecified atom stereocenters. The average molecular weight is 263 g/mol. The van der Waals surface area contributed by atoms with Crippen LogP contribution in [0.1, 0.15) is 17.2 Å². The molecule has 0 aliphatic rings. The van der Waals surface area contributed by atoms with Gasteiger partial charge in [-0.2, -0.15) is 5.10 Å². The molecule has 0 aromatic carbocycles. The molecule has 7 nitrogen and oxygen atoms in total. The lowest BCUT2D eigenvalue weighted by atomic mass is 10.3. The summed E-state index contributed by atoms with van der Waals surface area (Å²) in [6, 6.07) is 1.74. The van der Waals surface area contributed by atoms with Crippen molar-refractivity contribution in [1.82, 2.24) is 24.7 Å². The Balaban J connectivity index is 2.11. The van der Waals surface area contributed by atoms with Crippen LogP contribution in [-0.2, 0) is 13.6 Å². The van der Waals surface area contributed by atoms with Gasteiger partial charge in [0.1, 0.15) is 17.0 Å². The van der Waals surface area contributed by atoms with E-state index in [9.17, 15) is 0 Å². The van der Waals surface area contributed by atoms with Crippen molar-refractivity contribution in [3.05, 3.63) is 29.6 Å². The number of aryl methyl sites for hydroxylation is 2. The standard InChI is InChI=1S/C10H13N7S/c1-6-3-7(9(11)18)15-10(14-6)12-4-8-13-5-17(2)16-8/h3,5H,4H2,1-2H3,(H2,11,18)(H,12,14,15). The first-order valence-corrected chi connectivity index (χ1v) is 5.69. The molecule has 0 bridgehead atoms. The second-order valence-corrected chi connectivity index (χ2v) is 4.21. The molecule has 0 aliphatic carbocycles. The molecule has 0 aliphatic heterocycles. The van der Waals surface area contributed by atoms with Crippen molar-refractivity contribution < 1.29 is 0 Å². The molecule has 0 saturated carbocycles. The third kappa shape index (κ3) is 2.98. The minimum Gasteiger partial charge on any atom is -0.388 e. The van der Waals surface area contributed by atoms with Crippen molar-refractivity contribution in [3.8, 4) is 0 Å². The normalized spacial score (nSPS) is 10.3. The van der Waals surface area contributed by atoms with Gasteiger partial charge < -0.3 is 11.1 Å². The van der Waals surface area contributed by atoms with Gasteiger partial charge in [-0.15, -0.1) is 0 Å². The smallest absolute Gasteiger partial charge is 0.223 e. The summed E-state index contributed by atoms with van der Waals surface area (Å²) in [4.78, 5) is 12.8. The van der Waals surface area contributed by atoms with Crippen molar-refractivity contribution in [3.63, 3.8) is 0 Å². The Morgan fingerprint density at radius 1 is 1.50 bits per heavy atom. The molecule has 8 heteroatoms. The number of hydrogen-bond donors (Lipinski definition) is 2. The summed E-state index contributed by atoms with van der Waals surface area (Å²) < 4.78 is 1.63. The zero-order valence-electron chi connectivity index (χ0n) is 10.1. The Morgan fingerprint density at radius 2 is 2.28 bits per heavy atom. The quantitative estimate of drug-likeness (QED) is 0.759. The van der Waals surface area contributed by atoms with Crippen LogP contribution in [0.25, 0.3) is 0 Å². The lowest BCUT2D eigenvalue weighted by Crippen LogP contribution is -2.15. The summed E-state index contributed by atoms with van der Waals surface area (Å²) in [6.07, 6.45) is 1.63. The van der Waals surface area contributed by atoms with E-state index < -0.39 is 0 Å². The van der Waals surface area contributed by atoms with Gasteiger partial charge in [-0.25, -0.2) is 15.0 Å². The summed E-state index contributed by atoms with van der Waals surface area (Å²) in [6.45, 7) is 2.30. The van der Waals surface area contributed by atoms with Gasteiger partial charge in [-0.3, -0.25) is 4.68 Å². The molecule has 0 atom stereocenters. The van der Waals surface area contributed by atoms with Crippen LogP contribution < -0.4 is 11.1 Å². The molecule has 0 fully saturated rings. The van der Waals surface area contributed by atoms with E-state index in [1.165, 1.54) is 0 Å². The number of nitrogens with zero attached hydrogens (tertiary/aromatic N) is 5. The Labute approximate surface area is 109 Å². The highest BCUT2D eigenvalue weighted by Gasteiger charge is 2.05. The summed E-state index contributed by atoms with van der Waals surface area (Å²) >= 11 is 4.89. The molecule has 0 saturated heterocycles. The van der Waals surface area contributed by atoms with Crippen molar-refractivity contribution in [1.29, 1.82) is 0 Å². The molecule has 18 heavy (non-hydrogen) atoms. The summed E-state index contributed by atoms with van der Waals surface area (Å²) in [7, 11) is 1.81. The van der Waals surface area contributed by atoms with Crippen LogP contribution in [0.3, 0.4) is 0 Å². The second kappa shape index (κ2) is 5.05. The lowest BCUT2D eigenvalue weighted by Gasteiger charge is -2.05. The number of rotatable bonds is 4. The SMILES string of the molecule is Cc1cc(C(N)=S)nc(NCc2ncn(C)n2)n1. The first-order chi connectivity index (χ1) is 8.54. The van der Waals surface area contributed by atoms with Crippen molar-refractivity contribution in [2.75, 3.05) is 5.32 Å². The van der Waals surface area contributed by atoms with E-state index in [2.05, 4.69) is 25.4 Å². The molecule has 2 heterocycles. The second-order valence-electron chi connectivity index (χ2n) is 3.77. The Hall–Kier alpha value is -2.09. The van der Waals surface area contributed by atoms with E-state index in [0.717, 1.165) is 5.69 Å². The first kappa shape index (κ1) is 12.4. The number of nitrogens with one attached hydrogen (secondary N) is 1. The molecule has 2 aromatic heterocycles. The van der Waals surface area contributed by atoms with Crippen LogP contribution in [0.5, 0.6) is 0 Å². The lowest BCUT2D eigenvalue weighted by molar-refractivity contribution is 0.746. The average Bonchev–Trinajstić information content (AvgIpc) is 2.72. The van der Waals surface area contributed by atoms with Gasteiger partial charge in [0.05, 0.1) is 6.54 Å². The van der Waals surface area contributed by atoms with E-state index in [0.29, 0.717) is 24.0 Å². The fourth-order valence-electron chi connectivity index (χ4n) is 1.40. The summed E-state index contributed by atoms with van der Waals surface area (Å²) in [5, 5.41) is 7.18. The van der Waals surface area contributed by atoms with Gasteiger partial charge in [0.25, 0.3) is 0 Å². The highest BCUT2D eigenvalue weighted by atomic mass is 32.1. The van der Waals surface area contributed by atoms with E-state index in [1.807, 2.05) is 14.0 Å². The zero-order chi connectivity index (χ0) is 13.1. The number of hydrogen-bond acceptors (Lipinski definition) is 6. The maximum Gasteiger partial charge on any atom is 0.223 e. The zero-order valence-corrected chi connectivity index (χ0v) is 10.9. The molecule has 3 N–H and O–H groups in total. The Morgan fingerprint density at radius 3 is 2.89 bits per heavy atom. The highest BCUT2D eigenvalue weighted by molar-refractivity contribution is 7.80. The molecule has 0 spiro atoms. The number of anilines is 1. The van der Waals surface area contributed by atoms with E-state index in [-0.39, 0.29) is 4.99 Å². The minimum absolute atomic E-state index is 0.250. The summed E-state index contributed by atoms with van der Waals surface area (Å²) in [5.41, 5.74) is 6.89. The van der Waals surface area contributed by atoms with Crippen molar-refractivity contribution >= 4 is 23.2 Å². The Bertz CT molecular complexity index is 577. The molecular formula is C10H13N7S. The van der Waals surface area contributed by atoms with Gasteiger partial charge in [-0.1, -0.05) is 12.2 Å². The third-order valence-corrected chi connectivity index (χ3v) is 2.37. The monoisotopic (exact) mass is 263 g/mol. The molecule has 0 radical (unpaired) electrons. The number of nitrogens with two attached hydrogens (primary N) is 1. The van der Waals surface area contributed by atoms with Gasteiger partial charge >= 0.3 is 0 Å². The maximum atomic E-state index is 5.55. The van der Waals surface area contributed by atoms with Gasteiger partial charge in [0.15, 0.2) is 5.82 Å². The van der Waals surface area contributed by atoms with Gasteiger partial charge in [0, 0.05) is 12.7 Å². The van der Waals surface area contributed by atoms with Crippen LogP contribution in [0.15, 0.2) is 12.4 Å². The Kier molecular flexibility index (Phi) is 3.47. The van der Waals surface area contributed by atoms with Crippen LogP contribution in [-0.4, -0.2) is 29.7 Å². The fraction of sp³-hybridized carbons (Fsp3) is 0.300. The van der Waals surface area contributed by atoms with Gasteiger partial charge in [-0.05, 0) is 13.0 Å². The van der Waals surface area contributed by atoms with Crippen LogP contribution in [0.4, 0.5) is 5.95 Å². The minimum atomic E-state index is 0.250. The fourth-order valence-corrected chi connectivity index (χ4v) is 1.50. The molecule has 0 amide bonds. The molecule has 94 valence electrons. The number of thiocarbonyl (C=S) groups is 1.